The number of rotatable bonds is 5. The number of ether oxygens (including phenoxy) is 1. The summed E-state index contributed by atoms with van der Waals surface area (Å²) in [4.78, 5) is 38.0. The fourth-order valence-electron chi connectivity index (χ4n) is 1.85. The van der Waals surface area contributed by atoms with E-state index in [9.17, 15) is 19.7 Å². The van der Waals surface area contributed by atoms with Gasteiger partial charge in [0.1, 0.15) is 5.56 Å². The van der Waals surface area contributed by atoms with Gasteiger partial charge in [-0.15, -0.1) is 0 Å². The van der Waals surface area contributed by atoms with Crippen molar-refractivity contribution in [2.24, 2.45) is 0 Å². The van der Waals surface area contributed by atoms with Crippen LogP contribution < -0.4 is 5.32 Å². The topological polar surface area (TPSA) is 111 Å². The Balaban J connectivity index is 2.05. The zero-order valence-corrected chi connectivity index (χ0v) is 15.4. The van der Waals surface area contributed by atoms with Crippen LogP contribution in [0.5, 0.6) is 0 Å². The molecule has 2 rings (SSSR count). The van der Waals surface area contributed by atoms with Crippen molar-refractivity contribution in [1.82, 2.24) is 4.98 Å². The average molecular weight is 419 g/mol. The molecule has 11 heteroatoms. The number of nitro benzene ring substituents is 1. The van der Waals surface area contributed by atoms with E-state index < -0.39 is 29.1 Å². The predicted octanol–water partition coefficient (Wildman–Crippen LogP) is 4.05. The number of halogens is 3. The maximum Gasteiger partial charge on any atom is 0.345 e. The lowest BCUT2D eigenvalue weighted by molar-refractivity contribution is -0.385. The van der Waals surface area contributed by atoms with E-state index in [2.05, 4.69) is 10.3 Å². The summed E-state index contributed by atoms with van der Waals surface area (Å²) in [5, 5.41) is 13.9. The SMILES string of the molecule is Cc1c(Cl)cnc(NC(=O)COC(=O)c2ccc(Cl)cc2[N+](=O)[O-])c1Cl. The van der Waals surface area contributed by atoms with E-state index in [0.717, 1.165) is 12.1 Å². The third kappa shape index (κ3) is 4.60. The van der Waals surface area contributed by atoms with Crippen molar-refractivity contribution >= 4 is 58.2 Å². The van der Waals surface area contributed by atoms with Gasteiger partial charge < -0.3 is 10.1 Å². The molecule has 0 saturated carbocycles. The summed E-state index contributed by atoms with van der Waals surface area (Å²) in [6, 6.07) is 3.45. The molecule has 0 radical (unpaired) electrons. The fourth-order valence-corrected chi connectivity index (χ4v) is 2.41. The molecule has 136 valence electrons. The number of aromatic nitrogens is 1. The van der Waals surface area contributed by atoms with Crippen molar-refractivity contribution in [2.45, 2.75) is 6.92 Å². The Morgan fingerprint density at radius 1 is 1.31 bits per heavy atom. The van der Waals surface area contributed by atoms with Crippen LogP contribution in [0.15, 0.2) is 24.4 Å². The highest BCUT2D eigenvalue weighted by atomic mass is 35.5. The smallest absolute Gasteiger partial charge is 0.345 e. The van der Waals surface area contributed by atoms with Gasteiger partial charge in [-0.1, -0.05) is 34.8 Å². The van der Waals surface area contributed by atoms with E-state index >= 15 is 0 Å². The molecule has 0 fully saturated rings. The van der Waals surface area contributed by atoms with Crippen LogP contribution in [0.1, 0.15) is 15.9 Å². The van der Waals surface area contributed by atoms with Gasteiger partial charge in [0.2, 0.25) is 0 Å². The quantitative estimate of drug-likeness (QED) is 0.445. The summed E-state index contributed by atoms with van der Waals surface area (Å²) >= 11 is 17.5. The molecule has 1 amide bonds. The Kier molecular flexibility index (Phi) is 6.36. The first kappa shape index (κ1) is 19.9. The summed E-state index contributed by atoms with van der Waals surface area (Å²) in [5.74, 6) is -1.73. The second kappa shape index (κ2) is 8.31. The first-order valence-electron chi connectivity index (χ1n) is 6.92. The zero-order chi connectivity index (χ0) is 19.4. The molecule has 0 spiro atoms. The number of hydrogen-bond donors (Lipinski definition) is 1. The molecule has 2 aromatic rings. The standard InChI is InChI=1S/C15H10Cl3N3O5/c1-7-10(17)5-19-14(13(7)18)20-12(22)6-26-15(23)9-3-2-8(16)4-11(9)21(24)25/h2-5H,6H2,1H3,(H,19,20,22). The minimum absolute atomic E-state index is 0.0482. The molecule has 8 nitrogen and oxygen atoms in total. The van der Waals surface area contributed by atoms with Crippen LogP contribution in [-0.4, -0.2) is 28.4 Å². The minimum atomic E-state index is -1.05. The van der Waals surface area contributed by atoms with Crippen LogP contribution in [0.4, 0.5) is 11.5 Å². The van der Waals surface area contributed by atoms with Crippen molar-refractivity contribution in [1.29, 1.82) is 0 Å². The molecular formula is C15H10Cl3N3O5. The number of nitrogens with zero attached hydrogens (tertiary/aromatic N) is 2. The van der Waals surface area contributed by atoms with Crippen molar-refractivity contribution < 1.29 is 19.2 Å². The molecule has 1 aromatic carbocycles. The van der Waals surface area contributed by atoms with Crippen LogP contribution in [0, 0.1) is 17.0 Å². The average Bonchev–Trinajstić information content (AvgIpc) is 2.60. The summed E-state index contributed by atoms with van der Waals surface area (Å²) in [7, 11) is 0. The lowest BCUT2D eigenvalue weighted by Crippen LogP contribution is -2.22. The Hall–Kier alpha value is -2.42. The summed E-state index contributed by atoms with van der Waals surface area (Å²) < 4.78 is 4.79. The molecule has 0 aliphatic carbocycles. The molecular weight excluding hydrogens is 409 g/mol. The highest BCUT2D eigenvalue weighted by molar-refractivity contribution is 6.37. The third-order valence-corrected chi connectivity index (χ3v) is 4.25. The zero-order valence-electron chi connectivity index (χ0n) is 13.1. The van der Waals surface area contributed by atoms with E-state index in [-0.39, 0.29) is 21.4 Å². The number of hydrogen-bond acceptors (Lipinski definition) is 6. The normalized spacial score (nSPS) is 10.3. The molecule has 0 unspecified atom stereocenters. The Morgan fingerprint density at radius 3 is 2.65 bits per heavy atom. The molecule has 1 aromatic heterocycles. The van der Waals surface area contributed by atoms with E-state index in [1.807, 2.05) is 0 Å². The van der Waals surface area contributed by atoms with Crippen LogP contribution in [0.25, 0.3) is 0 Å². The second-order valence-electron chi connectivity index (χ2n) is 4.94. The number of esters is 1. The molecule has 1 N–H and O–H groups in total. The van der Waals surface area contributed by atoms with Crippen LogP contribution >= 0.6 is 34.8 Å². The molecule has 26 heavy (non-hydrogen) atoms. The van der Waals surface area contributed by atoms with Crippen LogP contribution in [0.2, 0.25) is 15.1 Å². The number of nitro groups is 1. The van der Waals surface area contributed by atoms with Crippen molar-refractivity contribution in [3.8, 4) is 0 Å². The van der Waals surface area contributed by atoms with Gasteiger partial charge >= 0.3 is 5.97 Å². The molecule has 0 saturated heterocycles. The van der Waals surface area contributed by atoms with E-state index in [1.54, 1.807) is 6.92 Å². The lowest BCUT2D eigenvalue weighted by Gasteiger charge is -2.09. The van der Waals surface area contributed by atoms with Gasteiger partial charge in [0.15, 0.2) is 12.4 Å². The number of benzene rings is 1. The number of nitrogens with one attached hydrogen (secondary N) is 1. The van der Waals surface area contributed by atoms with Gasteiger partial charge in [0.25, 0.3) is 11.6 Å². The minimum Gasteiger partial charge on any atom is -0.452 e. The number of carbonyl (C=O) groups excluding carboxylic acids is 2. The van der Waals surface area contributed by atoms with Crippen LogP contribution in [-0.2, 0) is 9.53 Å². The maximum absolute atomic E-state index is 12.0. The lowest BCUT2D eigenvalue weighted by atomic mass is 10.2. The number of amides is 1. The third-order valence-electron chi connectivity index (χ3n) is 3.17. The first-order valence-corrected chi connectivity index (χ1v) is 8.05. The highest BCUT2D eigenvalue weighted by Crippen LogP contribution is 2.28. The monoisotopic (exact) mass is 417 g/mol. The molecule has 0 aliphatic rings. The Labute approximate surface area is 162 Å². The van der Waals surface area contributed by atoms with E-state index in [0.29, 0.717) is 10.6 Å². The van der Waals surface area contributed by atoms with Gasteiger partial charge in [-0.2, -0.15) is 0 Å². The van der Waals surface area contributed by atoms with Gasteiger partial charge in [0, 0.05) is 17.3 Å². The second-order valence-corrected chi connectivity index (χ2v) is 6.16. The van der Waals surface area contributed by atoms with Gasteiger partial charge in [-0.25, -0.2) is 9.78 Å². The summed E-state index contributed by atoms with van der Waals surface area (Å²) in [5.41, 5.74) is -0.334. The maximum atomic E-state index is 12.0. The molecule has 0 atom stereocenters. The number of pyridine rings is 1. The van der Waals surface area contributed by atoms with E-state index in [1.165, 1.54) is 12.3 Å². The number of anilines is 1. The number of carbonyl (C=O) groups is 2. The van der Waals surface area contributed by atoms with Crippen molar-refractivity contribution in [2.75, 3.05) is 11.9 Å². The van der Waals surface area contributed by atoms with E-state index in [4.69, 9.17) is 39.5 Å². The predicted molar refractivity (Wildman–Crippen MR) is 96.0 cm³/mol. The molecule has 0 bridgehead atoms. The fraction of sp³-hybridized carbons (Fsp3) is 0.133. The largest absolute Gasteiger partial charge is 0.452 e. The summed E-state index contributed by atoms with van der Waals surface area (Å²) in [6.07, 6.45) is 1.31. The Morgan fingerprint density at radius 2 is 2.00 bits per heavy atom. The van der Waals surface area contributed by atoms with Gasteiger partial charge in [-0.3, -0.25) is 14.9 Å². The van der Waals surface area contributed by atoms with Gasteiger partial charge in [-0.05, 0) is 24.6 Å². The van der Waals surface area contributed by atoms with Crippen LogP contribution in [0.3, 0.4) is 0 Å². The first-order chi connectivity index (χ1) is 12.2. The Bertz CT molecular complexity index is 904. The van der Waals surface area contributed by atoms with Crippen molar-refractivity contribution in [3.05, 3.63) is 60.7 Å². The molecule has 1 heterocycles. The van der Waals surface area contributed by atoms with Gasteiger partial charge in [0.05, 0.1) is 15.0 Å². The molecule has 0 aliphatic heterocycles. The summed E-state index contributed by atoms with van der Waals surface area (Å²) in [6.45, 7) is 0.944. The van der Waals surface area contributed by atoms with Crippen molar-refractivity contribution in [3.63, 3.8) is 0 Å². The highest BCUT2D eigenvalue weighted by Gasteiger charge is 2.23.